The average Bonchev–Trinajstić information content (AvgIpc) is 3.67. The minimum Gasteiger partial charge on any atom is -0.508 e. The van der Waals surface area contributed by atoms with Gasteiger partial charge in [-0.3, -0.25) is 24.1 Å². The molecule has 4 aromatic carbocycles. The van der Waals surface area contributed by atoms with Gasteiger partial charge in [-0.05, 0) is 123 Å². The van der Waals surface area contributed by atoms with Gasteiger partial charge < -0.3 is 40.1 Å². The number of piperazine rings is 2. The molecule has 310 valence electrons. The molecular weight excluding hydrogens is 751 g/mol. The van der Waals surface area contributed by atoms with Crippen molar-refractivity contribution in [1.29, 1.82) is 0 Å². The molecule has 0 aromatic heterocycles. The molecule has 0 bridgehead atoms. The average molecular weight is 804 g/mol. The summed E-state index contributed by atoms with van der Waals surface area (Å²) >= 11 is 0. The summed E-state index contributed by atoms with van der Waals surface area (Å²) in [7, 11) is 0. The van der Waals surface area contributed by atoms with E-state index < -0.39 is 29.7 Å². The molecule has 7 rings (SSSR count). The van der Waals surface area contributed by atoms with Gasteiger partial charge in [0.25, 0.3) is 0 Å². The Morgan fingerprint density at radius 2 is 1.25 bits per heavy atom. The van der Waals surface area contributed by atoms with Crippen LogP contribution in [0.25, 0.3) is 0 Å². The number of nitrogens with zero attached hydrogens (tertiary/aromatic N) is 4. The number of ether oxygens (including phenoxy) is 1. The van der Waals surface area contributed by atoms with E-state index in [4.69, 9.17) is 4.74 Å². The Morgan fingerprint density at radius 1 is 0.678 bits per heavy atom. The SMILES string of the molecule is CCOc1ccc(CCN2C(=O)C(=O)N([C@@H](Cc3ccc(O)cc3)CN3CCC[C@H]3CN3C(=O)C(=O)NC[C@@H]3Cc3ccc(O)cc3)C[C@@H]2Cc2ccc(O)cc2)cc1. The summed E-state index contributed by atoms with van der Waals surface area (Å²) in [6, 6.07) is 27.3. The molecule has 4 N–H and O–H groups in total. The molecule has 4 atom stereocenters. The van der Waals surface area contributed by atoms with Crippen molar-refractivity contribution in [2.75, 3.05) is 45.9 Å². The fraction of sp³-hybridized carbons (Fsp3) is 0.391. The highest BCUT2D eigenvalue weighted by molar-refractivity contribution is 6.36. The predicted octanol–water partition coefficient (Wildman–Crippen LogP) is 3.67. The molecule has 0 radical (unpaired) electrons. The third-order valence-electron chi connectivity index (χ3n) is 11.8. The van der Waals surface area contributed by atoms with E-state index >= 15 is 0 Å². The standard InChI is InChI=1S/C46H53N5O8/c1-2-59-42-19-11-31(12-20-42)21-23-49-38(26-34-9-17-41(54)18-10-34)30-51(46(58)45(49)57)37(25-33-7-15-40(53)16-8-33)28-48-22-3-4-35(48)29-50-36(27-47-43(55)44(50)56)24-32-5-13-39(52)14-6-32/h5-20,35-38,52-54H,2-4,21-30H2,1H3,(H,47,55)/t35-,36-,37-,38-/m0/s1. The van der Waals surface area contributed by atoms with E-state index in [-0.39, 0.29) is 41.9 Å². The van der Waals surface area contributed by atoms with E-state index in [2.05, 4.69) is 10.2 Å². The van der Waals surface area contributed by atoms with Gasteiger partial charge >= 0.3 is 23.6 Å². The zero-order chi connectivity index (χ0) is 41.5. The van der Waals surface area contributed by atoms with Crippen LogP contribution in [0.1, 0.15) is 42.0 Å². The third-order valence-corrected chi connectivity index (χ3v) is 11.8. The molecular formula is C46H53N5O8. The number of carbonyl (C=O) groups excluding carboxylic acids is 4. The van der Waals surface area contributed by atoms with E-state index in [9.17, 15) is 34.5 Å². The molecule has 0 aliphatic carbocycles. The van der Waals surface area contributed by atoms with Crippen LogP contribution in [0.15, 0.2) is 97.1 Å². The first-order chi connectivity index (χ1) is 28.5. The Kier molecular flexibility index (Phi) is 13.0. The fourth-order valence-electron chi connectivity index (χ4n) is 8.69. The number of phenolic OH excluding ortho intramolecular Hbond substituents is 3. The van der Waals surface area contributed by atoms with Gasteiger partial charge in [0.15, 0.2) is 0 Å². The van der Waals surface area contributed by atoms with Gasteiger partial charge in [-0.2, -0.15) is 0 Å². The van der Waals surface area contributed by atoms with Crippen LogP contribution < -0.4 is 10.1 Å². The molecule has 13 heteroatoms. The molecule has 4 aromatic rings. The Hall–Kier alpha value is -6.08. The number of aromatic hydroxyl groups is 3. The molecule has 59 heavy (non-hydrogen) atoms. The van der Waals surface area contributed by atoms with Gasteiger partial charge in [-0.15, -0.1) is 0 Å². The molecule has 3 aliphatic rings. The molecule has 0 unspecified atom stereocenters. The number of benzene rings is 4. The summed E-state index contributed by atoms with van der Waals surface area (Å²) in [5.41, 5.74) is 3.77. The van der Waals surface area contributed by atoms with Crippen molar-refractivity contribution >= 4 is 23.6 Å². The topological polar surface area (TPSA) is 163 Å². The zero-order valence-electron chi connectivity index (χ0n) is 33.4. The van der Waals surface area contributed by atoms with Crippen molar-refractivity contribution < 1.29 is 39.2 Å². The summed E-state index contributed by atoms with van der Waals surface area (Å²) in [5, 5.41) is 32.6. The smallest absolute Gasteiger partial charge is 0.312 e. The first-order valence-corrected chi connectivity index (χ1v) is 20.5. The summed E-state index contributed by atoms with van der Waals surface area (Å²) < 4.78 is 5.60. The molecule has 3 heterocycles. The Bertz CT molecular complexity index is 2080. The largest absolute Gasteiger partial charge is 0.508 e. The van der Waals surface area contributed by atoms with Gasteiger partial charge in [-0.1, -0.05) is 48.5 Å². The molecule has 13 nitrogen and oxygen atoms in total. The first kappa shape index (κ1) is 41.1. The van der Waals surface area contributed by atoms with Gasteiger partial charge in [-0.25, -0.2) is 0 Å². The second-order valence-corrected chi connectivity index (χ2v) is 15.8. The van der Waals surface area contributed by atoms with Crippen LogP contribution in [0.4, 0.5) is 0 Å². The number of rotatable bonds is 16. The van der Waals surface area contributed by atoms with Crippen LogP contribution in [-0.2, 0) is 44.9 Å². The molecule has 3 aliphatic heterocycles. The van der Waals surface area contributed by atoms with Crippen LogP contribution in [-0.4, -0.2) is 129 Å². The van der Waals surface area contributed by atoms with E-state index in [0.717, 1.165) is 40.8 Å². The van der Waals surface area contributed by atoms with Crippen LogP contribution in [0.5, 0.6) is 23.0 Å². The molecule has 0 spiro atoms. The van der Waals surface area contributed by atoms with E-state index in [0.29, 0.717) is 65.0 Å². The van der Waals surface area contributed by atoms with E-state index in [1.165, 1.54) is 0 Å². The molecule has 3 fully saturated rings. The number of hydrogen-bond acceptors (Lipinski definition) is 9. The number of hydrogen-bond donors (Lipinski definition) is 4. The van der Waals surface area contributed by atoms with Crippen molar-refractivity contribution in [3.63, 3.8) is 0 Å². The van der Waals surface area contributed by atoms with Crippen LogP contribution in [0, 0.1) is 0 Å². The second-order valence-electron chi connectivity index (χ2n) is 15.8. The number of amides is 4. The Morgan fingerprint density at radius 3 is 1.86 bits per heavy atom. The Balaban J connectivity index is 1.14. The predicted molar refractivity (Wildman–Crippen MR) is 221 cm³/mol. The van der Waals surface area contributed by atoms with Gasteiger partial charge in [0.05, 0.1) is 18.7 Å². The first-order valence-electron chi connectivity index (χ1n) is 20.5. The van der Waals surface area contributed by atoms with Gasteiger partial charge in [0.1, 0.15) is 23.0 Å². The summed E-state index contributed by atoms with van der Waals surface area (Å²) in [6.45, 7) is 4.90. The highest BCUT2D eigenvalue weighted by Crippen LogP contribution is 2.28. The maximum atomic E-state index is 14.4. The van der Waals surface area contributed by atoms with Crippen molar-refractivity contribution in [2.24, 2.45) is 0 Å². The maximum absolute atomic E-state index is 14.4. The number of likely N-dealkylation sites (tertiary alicyclic amines) is 1. The highest BCUT2D eigenvalue weighted by Gasteiger charge is 2.44. The minimum absolute atomic E-state index is 0.0940. The summed E-state index contributed by atoms with van der Waals surface area (Å²) in [5.74, 6) is -1.16. The van der Waals surface area contributed by atoms with Crippen molar-refractivity contribution in [1.82, 2.24) is 24.9 Å². The van der Waals surface area contributed by atoms with Crippen molar-refractivity contribution in [3.05, 3.63) is 119 Å². The van der Waals surface area contributed by atoms with Crippen molar-refractivity contribution in [3.8, 4) is 23.0 Å². The fourth-order valence-corrected chi connectivity index (χ4v) is 8.69. The lowest BCUT2D eigenvalue weighted by Gasteiger charge is -2.45. The van der Waals surface area contributed by atoms with Crippen LogP contribution >= 0.6 is 0 Å². The molecule has 4 amide bonds. The lowest BCUT2D eigenvalue weighted by atomic mass is 9.96. The summed E-state index contributed by atoms with van der Waals surface area (Å²) in [6.07, 6.45) is 3.60. The normalized spacial score (nSPS) is 20.6. The zero-order valence-corrected chi connectivity index (χ0v) is 33.4. The van der Waals surface area contributed by atoms with Gasteiger partial charge in [0, 0.05) is 44.8 Å². The summed E-state index contributed by atoms with van der Waals surface area (Å²) in [4.78, 5) is 62.2. The monoisotopic (exact) mass is 803 g/mol. The Labute approximate surface area is 344 Å². The number of nitrogens with one attached hydrogen (secondary N) is 1. The van der Waals surface area contributed by atoms with Crippen LogP contribution in [0.3, 0.4) is 0 Å². The van der Waals surface area contributed by atoms with E-state index in [1.54, 1.807) is 51.1 Å². The van der Waals surface area contributed by atoms with Crippen LogP contribution in [0.2, 0.25) is 0 Å². The van der Waals surface area contributed by atoms with Crippen molar-refractivity contribution in [2.45, 2.75) is 69.6 Å². The highest BCUT2D eigenvalue weighted by atomic mass is 16.5. The third kappa shape index (κ3) is 10.1. The molecule has 0 saturated carbocycles. The lowest BCUT2D eigenvalue weighted by molar-refractivity contribution is -0.161. The maximum Gasteiger partial charge on any atom is 0.312 e. The molecule has 3 saturated heterocycles. The van der Waals surface area contributed by atoms with Gasteiger partial charge in [0.2, 0.25) is 0 Å². The number of carbonyl (C=O) groups is 4. The second kappa shape index (κ2) is 18.7. The lowest BCUT2D eigenvalue weighted by Crippen LogP contribution is -2.65. The minimum atomic E-state index is -0.633. The quantitative estimate of drug-likeness (QED) is 0.124. The van der Waals surface area contributed by atoms with E-state index in [1.807, 2.05) is 67.6 Å². The number of phenols is 3.